The smallest absolute Gasteiger partial charge is 0.245 e. The fraction of sp³-hybridized carbons (Fsp3) is 0.278. The Morgan fingerprint density at radius 2 is 1.73 bits per heavy atom. The second-order valence-corrected chi connectivity index (χ2v) is 8.06. The van der Waals surface area contributed by atoms with E-state index in [9.17, 15) is 22.0 Å². The normalized spacial score (nSPS) is 17.8. The van der Waals surface area contributed by atoms with Crippen LogP contribution in [0.25, 0.3) is 0 Å². The highest BCUT2D eigenvalue weighted by Crippen LogP contribution is 2.25. The quantitative estimate of drug-likeness (QED) is 0.887. The van der Waals surface area contributed by atoms with Crippen molar-refractivity contribution in [1.82, 2.24) is 4.72 Å². The predicted octanol–water partition coefficient (Wildman–Crippen LogP) is 2.67. The minimum Gasteiger partial charge on any atom is -0.311 e. The third-order valence-corrected chi connectivity index (χ3v) is 5.71. The molecule has 0 bridgehead atoms. The number of hydrogen-bond acceptors (Lipinski definition) is 3. The number of carbonyl (C=O) groups is 1. The standard InChI is InChI=1S/C18H18F2N2O3S/c1-11-7-12(2)9-14(8-11)22-6-5-16(18(22)23)21-26(24,25)17-4-3-13(19)10-15(17)20/h3-4,7-10,16,21H,5-6H2,1-2H3. The van der Waals surface area contributed by atoms with E-state index in [1.165, 1.54) is 4.90 Å². The molecule has 1 amide bonds. The summed E-state index contributed by atoms with van der Waals surface area (Å²) in [5.74, 6) is -2.48. The van der Waals surface area contributed by atoms with Gasteiger partial charge in [0, 0.05) is 18.3 Å². The number of amides is 1. The fourth-order valence-corrected chi connectivity index (χ4v) is 4.38. The number of aryl methyl sites for hydroxylation is 2. The molecule has 0 spiro atoms. The van der Waals surface area contributed by atoms with Crippen LogP contribution in [0.3, 0.4) is 0 Å². The monoisotopic (exact) mass is 380 g/mol. The molecule has 0 aliphatic carbocycles. The van der Waals surface area contributed by atoms with Crippen molar-refractivity contribution in [3.63, 3.8) is 0 Å². The molecular formula is C18H18F2N2O3S. The van der Waals surface area contributed by atoms with E-state index < -0.39 is 38.5 Å². The van der Waals surface area contributed by atoms with Crippen LogP contribution in [0.15, 0.2) is 41.3 Å². The van der Waals surface area contributed by atoms with Gasteiger partial charge in [0.15, 0.2) is 0 Å². The lowest BCUT2D eigenvalue weighted by Crippen LogP contribution is -2.41. The van der Waals surface area contributed by atoms with Gasteiger partial charge in [-0.25, -0.2) is 17.2 Å². The Balaban J connectivity index is 1.82. The van der Waals surface area contributed by atoms with Crippen molar-refractivity contribution < 1.29 is 22.0 Å². The van der Waals surface area contributed by atoms with E-state index in [0.717, 1.165) is 23.3 Å². The van der Waals surface area contributed by atoms with Crippen molar-refractivity contribution in [1.29, 1.82) is 0 Å². The van der Waals surface area contributed by atoms with Gasteiger partial charge >= 0.3 is 0 Å². The molecule has 26 heavy (non-hydrogen) atoms. The lowest BCUT2D eigenvalue weighted by Gasteiger charge is -2.18. The van der Waals surface area contributed by atoms with Crippen molar-refractivity contribution in [3.8, 4) is 0 Å². The van der Waals surface area contributed by atoms with Gasteiger partial charge in [-0.3, -0.25) is 4.79 Å². The zero-order valence-electron chi connectivity index (χ0n) is 14.3. The highest BCUT2D eigenvalue weighted by Gasteiger charge is 2.36. The molecule has 0 saturated carbocycles. The lowest BCUT2D eigenvalue weighted by atomic mass is 10.1. The molecule has 0 aromatic heterocycles. The van der Waals surface area contributed by atoms with Gasteiger partial charge in [0.25, 0.3) is 0 Å². The van der Waals surface area contributed by atoms with E-state index in [0.29, 0.717) is 18.3 Å². The largest absolute Gasteiger partial charge is 0.311 e. The Bertz CT molecular complexity index is 956. The molecule has 3 rings (SSSR count). The molecule has 2 aromatic rings. The number of anilines is 1. The van der Waals surface area contributed by atoms with E-state index in [2.05, 4.69) is 4.72 Å². The highest BCUT2D eigenvalue weighted by molar-refractivity contribution is 7.89. The molecule has 138 valence electrons. The second-order valence-electron chi connectivity index (χ2n) is 6.37. The van der Waals surface area contributed by atoms with Gasteiger partial charge in [-0.15, -0.1) is 0 Å². The first-order valence-corrected chi connectivity index (χ1v) is 9.53. The van der Waals surface area contributed by atoms with E-state index in [1.807, 2.05) is 32.0 Å². The number of sulfonamides is 1. The summed E-state index contributed by atoms with van der Waals surface area (Å²) >= 11 is 0. The van der Waals surface area contributed by atoms with Gasteiger partial charge < -0.3 is 4.90 Å². The Morgan fingerprint density at radius 3 is 2.35 bits per heavy atom. The van der Waals surface area contributed by atoms with Gasteiger partial charge in [0.05, 0.1) is 0 Å². The van der Waals surface area contributed by atoms with Gasteiger partial charge in [0.2, 0.25) is 15.9 Å². The molecule has 1 aliphatic heterocycles. The number of nitrogens with one attached hydrogen (secondary N) is 1. The zero-order valence-corrected chi connectivity index (χ0v) is 15.1. The Labute approximate surface area is 150 Å². The third-order valence-electron chi connectivity index (χ3n) is 4.20. The van der Waals surface area contributed by atoms with Gasteiger partial charge in [-0.2, -0.15) is 4.72 Å². The predicted molar refractivity (Wildman–Crippen MR) is 93.4 cm³/mol. The summed E-state index contributed by atoms with van der Waals surface area (Å²) < 4.78 is 53.8. The molecule has 1 N–H and O–H groups in total. The SMILES string of the molecule is Cc1cc(C)cc(N2CCC(NS(=O)(=O)c3ccc(F)cc3F)C2=O)c1. The van der Waals surface area contributed by atoms with Crippen molar-refractivity contribution in [2.24, 2.45) is 0 Å². The number of carbonyl (C=O) groups excluding carboxylic acids is 1. The Morgan fingerprint density at radius 1 is 1.08 bits per heavy atom. The minimum absolute atomic E-state index is 0.258. The van der Waals surface area contributed by atoms with Crippen LogP contribution in [0.5, 0.6) is 0 Å². The van der Waals surface area contributed by atoms with Gasteiger partial charge in [-0.05, 0) is 55.7 Å². The van der Waals surface area contributed by atoms with E-state index >= 15 is 0 Å². The minimum atomic E-state index is -4.29. The molecule has 1 unspecified atom stereocenters. The second kappa shape index (κ2) is 6.77. The van der Waals surface area contributed by atoms with E-state index in [4.69, 9.17) is 0 Å². The number of benzene rings is 2. The number of halogens is 2. The van der Waals surface area contributed by atoms with Crippen molar-refractivity contribution in [2.75, 3.05) is 11.4 Å². The maximum atomic E-state index is 13.8. The maximum Gasteiger partial charge on any atom is 0.245 e. The summed E-state index contributed by atoms with van der Waals surface area (Å²) in [5, 5.41) is 0. The third kappa shape index (κ3) is 3.61. The molecular weight excluding hydrogens is 362 g/mol. The molecule has 8 heteroatoms. The van der Waals surface area contributed by atoms with E-state index in [-0.39, 0.29) is 6.42 Å². The van der Waals surface area contributed by atoms with Gasteiger partial charge in [0.1, 0.15) is 22.6 Å². The van der Waals surface area contributed by atoms with Crippen molar-refractivity contribution in [2.45, 2.75) is 31.2 Å². The first kappa shape index (κ1) is 18.5. The van der Waals surface area contributed by atoms with E-state index in [1.54, 1.807) is 0 Å². The number of hydrogen-bond donors (Lipinski definition) is 1. The molecule has 1 atom stereocenters. The fourth-order valence-electron chi connectivity index (χ4n) is 3.10. The van der Waals surface area contributed by atoms with Crippen LogP contribution in [0.4, 0.5) is 14.5 Å². The van der Waals surface area contributed by atoms with Crippen molar-refractivity contribution >= 4 is 21.6 Å². The summed E-state index contributed by atoms with van der Waals surface area (Å²) in [6.07, 6.45) is 0.258. The van der Waals surface area contributed by atoms with Crippen LogP contribution in [0.2, 0.25) is 0 Å². The summed E-state index contributed by atoms with van der Waals surface area (Å²) in [7, 11) is -4.29. The summed E-state index contributed by atoms with van der Waals surface area (Å²) in [4.78, 5) is 13.4. The topological polar surface area (TPSA) is 66.5 Å². The first-order chi connectivity index (χ1) is 12.2. The molecule has 1 saturated heterocycles. The van der Waals surface area contributed by atoms with Crippen LogP contribution in [-0.4, -0.2) is 26.9 Å². The Kier molecular flexibility index (Phi) is 4.81. The first-order valence-electron chi connectivity index (χ1n) is 8.04. The summed E-state index contributed by atoms with van der Waals surface area (Å²) in [5.41, 5.74) is 2.68. The average molecular weight is 380 g/mol. The summed E-state index contributed by atoms with van der Waals surface area (Å²) in [6.45, 7) is 4.17. The van der Waals surface area contributed by atoms with Crippen LogP contribution in [0, 0.1) is 25.5 Å². The molecule has 2 aromatic carbocycles. The zero-order chi connectivity index (χ0) is 19.1. The lowest BCUT2D eigenvalue weighted by molar-refractivity contribution is -0.118. The average Bonchev–Trinajstić information content (AvgIpc) is 2.86. The highest BCUT2D eigenvalue weighted by atomic mass is 32.2. The number of rotatable bonds is 4. The molecule has 1 aliphatic rings. The maximum absolute atomic E-state index is 13.8. The Hall–Kier alpha value is -2.32. The van der Waals surface area contributed by atoms with Crippen LogP contribution in [-0.2, 0) is 14.8 Å². The van der Waals surface area contributed by atoms with Crippen molar-refractivity contribution in [3.05, 3.63) is 59.2 Å². The molecule has 1 heterocycles. The molecule has 1 fully saturated rings. The van der Waals surface area contributed by atoms with Crippen LogP contribution in [0.1, 0.15) is 17.5 Å². The van der Waals surface area contributed by atoms with Crippen LogP contribution < -0.4 is 9.62 Å². The van der Waals surface area contributed by atoms with Crippen LogP contribution >= 0.6 is 0 Å². The molecule has 5 nitrogen and oxygen atoms in total. The van der Waals surface area contributed by atoms with Gasteiger partial charge in [-0.1, -0.05) is 6.07 Å². The summed E-state index contributed by atoms with van der Waals surface area (Å²) in [6, 6.07) is 6.87. The number of nitrogens with zero attached hydrogens (tertiary/aromatic N) is 1. The molecule has 0 radical (unpaired) electrons.